The summed E-state index contributed by atoms with van der Waals surface area (Å²) in [6, 6.07) is 0. The van der Waals surface area contributed by atoms with Crippen LogP contribution in [0.15, 0.2) is 24.3 Å². The van der Waals surface area contributed by atoms with Gasteiger partial charge in [0.1, 0.15) is 0 Å². The summed E-state index contributed by atoms with van der Waals surface area (Å²) in [4.78, 5) is 23.4. The summed E-state index contributed by atoms with van der Waals surface area (Å²) in [5, 5.41) is 10.0. The molecule has 1 rings (SSSR count). The highest BCUT2D eigenvalue weighted by molar-refractivity contribution is 5.94. The second-order valence-electron chi connectivity index (χ2n) is 7.15. The van der Waals surface area contributed by atoms with Crippen LogP contribution in [0.4, 0.5) is 0 Å². The molecule has 26 heavy (non-hydrogen) atoms. The molecule has 0 aromatic carbocycles. The lowest BCUT2D eigenvalue weighted by atomic mass is 9.88. The molecular formula is C22H36O4. The van der Waals surface area contributed by atoms with Crippen LogP contribution >= 0.6 is 0 Å². The van der Waals surface area contributed by atoms with Gasteiger partial charge in [-0.3, -0.25) is 9.59 Å². The molecule has 0 saturated heterocycles. The number of unbranched alkanes of at least 4 members (excludes halogenated alkanes) is 5. The molecule has 0 fully saturated rings. The molecule has 4 heteroatoms. The van der Waals surface area contributed by atoms with E-state index in [1.807, 2.05) is 25.2 Å². The van der Waals surface area contributed by atoms with Crippen molar-refractivity contribution in [1.82, 2.24) is 0 Å². The molecule has 0 aliphatic heterocycles. The van der Waals surface area contributed by atoms with Crippen LogP contribution in [-0.2, 0) is 14.3 Å². The molecule has 0 unspecified atom stereocenters. The number of carbonyl (C=O) groups excluding carboxylic acids is 2. The maximum atomic E-state index is 12.1. The smallest absolute Gasteiger partial charge is 0.305 e. The van der Waals surface area contributed by atoms with Gasteiger partial charge in [-0.1, -0.05) is 63.7 Å². The lowest BCUT2D eigenvalue weighted by Crippen LogP contribution is -2.15. The first-order valence-electron chi connectivity index (χ1n) is 10.3. The Hall–Kier alpha value is -1.42. The average Bonchev–Trinajstić information content (AvgIpc) is 2.96. The van der Waals surface area contributed by atoms with Gasteiger partial charge in [0.25, 0.3) is 0 Å². The van der Waals surface area contributed by atoms with E-state index in [-0.39, 0.29) is 23.6 Å². The predicted molar refractivity (Wildman–Crippen MR) is 105 cm³/mol. The van der Waals surface area contributed by atoms with Crippen molar-refractivity contribution >= 4 is 11.8 Å². The number of esters is 1. The molecule has 0 bridgehead atoms. The van der Waals surface area contributed by atoms with E-state index in [1.54, 1.807) is 6.08 Å². The molecule has 148 valence electrons. The number of aliphatic hydroxyl groups is 1. The Morgan fingerprint density at radius 2 is 1.96 bits per heavy atom. The van der Waals surface area contributed by atoms with Gasteiger partial charge in [-0.2, -0.15) is 0 Å². The fraction of sp³-hybridized carbons (Fsp3) is 0.727. The number of ketones is 1. The highest BCUT2D eigenvalue weighted by Gasteiger charge is 2.27. The maximum Gasteiger partial charge on any atom is 0.305 e. The molecule has 0 heterocycles. The molecule has 0 aromatic heterocycles. The van der Waals surface area contributed by atoms with Crippen molar-refractivity contribution in [2.45, 2.75) is 84.2 Å². The molecule has 1 N–H and O–H groups in total. The quantitative estimate of drug-likeness (QED) is 0.274. The minimum absolute atomic E-state index is 0.0131. The van der Waals surface area contributed by atoms with Crippen LogP contribution in [0, 0.1) is 11.8 Å². The van der Waals surface area contributed by atoms with Crippen molar-refractivity contribution < 1.29 is 19.4 Å². The maximum absolute atomic E-state index is 12.1. The van der Waals surface area contributed by atoms with Crippen LogP contribution in [0.3, 0.4) is 0 Å². The van der Waals surface area contributed by atoms with Gasteiger partial charge in [-0.05, 0) is 32.3 Å². The number of hydrogen-bond donors (Lipinski definition) is 1. The lowest BCUT2D eigenvalue weighted by Gasteiger charge is -2.15. The number of hydrogen-bond acceptors (Lipinski definition) is 4. The molecule has 0 aromatic rings. The second kappa shape index (κ2) is 13.7. The number of rotatable bonds is 14. The van der Waals surface area contributed by atoms with Crippen LogP contribution in [0.5, 0.6) is 0 Å². The van der Waals surface area contributed by atoms with E-state index in [4.69, 9.17) is 4.74 Å². The van der Waals surface area contributed by atoms with Crippen LogP contribution in [0.2, 0.25) is 0 Å². The van der Waals surface area contributed by atoms with Crippen molar-refractivity contribution in [2.24, 2.45) is 11.8 Å². The zero-order chi connectivity index (χ0) is 19.2. The van der Waals surface area contributed by atoms with E-state index in [9.17, 15) is 14.7 Å². The normalized spacial score (nSPS) is 20.8. The minimum Gasteiger partial charge on any atom is -0.466 e. The number of ether oxygens (including phenoxy) is 1. The Labute approximate surface area is 158 Å². The zero-order valence-electron chi connectivity index (χ0n) is 16.5. The van der Waals surface area contributed by atoms with Crippen molar-refractivity contribution in [1.29, 1.82) is 0 Å². The van der Waals surface area contributed by atoms with Crippen LogP contribution in [0.25, 0.3) is 0 Å². The Balaban J connectivity index is 2.25. The first kappa shape index (κ1) is 22.6. The summed E-state index contributed by atoms with van der Waals surface area (Å²) in [7, 11) is 0. The molecule has 4 nitrogen and oxygen atoms in total. The summed E-state index contributed by atoms with van der Waals surface area (Å²) in [5.41, 5.74) is 0. The van der Waals surface area contributed by atoms with Crippen LogP contribution in [0.1, 0.15) is 78.1 Å². The molecule has 1 aliphatic rings. The third kappa shape index (κ3) is 9.33. The first-order valence-corrected chi connectivity index (χ1v) is 10.3. The summed E-state index contributed by atoms with van der Waals surface area (Å²) < 4.78 is 4.91. The average molecular weight is 365 g/mol. The van der Waals surface area contributed by atoms with Gasteiger partial charge in [0.05, 0.1) is 12.7 Å². The molecular weight excluding hydrogens is 328 g/mol. The van der Waals surface area contributed by atoms with Gasteiger partial charge in [0.15, 0.2) is 5.78 Å². The second-order valence-corrected chi connectivity index (χ2v) is 7.15. The van der Waals surface area contributed by atoms with Gasteiger partial charge in [-0.25, -0.2) is 0 Å². The Kier molecular flexibility index (Phi) is 12.0. The third-order valence-electron chi connectivity index (χ3n) is 4.92. The van der Waals surface area contributed by atoms with E-state index in [1.165, 1.54) is 0 Å². The van der Waals surface area contributed by atoms with Crippen molar-refractivity contribution in [3.8, 4) is 0 Å². The summed E-state index contributed by atoms with van der Waals surface area (Å²) in [5.74, 6) is 0.207. The highest BCUT2D eigenvalue weighted by Crippen LogP contribution is 2.29. The zero-order valence-corrected chi connectivity index (χ0v) is 16.5. The minimum atomic E-state index is -0.408. The summed E-state index contributed by atoms with van der Waals surface area (Å²) in [6.07, 6.45) is 16.4. The topological polar surface area (TPSA) is 63.6 Å². The Morgan fingerprint density at radius 1 is 1.19 bits per heavy atom. The lowest BCUT2D eigenvalue weighted by molar-refractivity contribution is -0.143. The van der Waals surface area contributed by atoms with Gasteiger partial charge in [0.2, 0.25) is 0 Å². The van der Waals surface area contributed by atoms with Gasteiger partial charge in [-0.15, -0.1) is 0 Å². The fourth-order valence-corrected chi connectivity index (χ4v) is 3.36. The molecule has 0 spiro atoms. The molecule has 1 aliphatic carbocycles. The van der Waals surface area contributed by atoms with E-state index in [0.717, 1.165) is 57.8 Å². The van der Waals surface area contributed by atoms with Crippen LogP contribution < -0.4 is 0 Å². The molecule has 0 radical (unpaired) electrons. The first-order chi connectivity index (χ1) is 12.6. The van der Waals surface area contributed by atoms with E-state index in [0.29, 0.717) is 13.0 Å². The third-order valence-corrected chi connectivity index (χ3v) is 4.92. The highest BCUT2D eigenvalue weighted by atomic mass is 16.5. The van der Waals surface area contributed by atoms with E-state index >= 15 is 0 Å². The summed E-state index contributed by atoms with van der Waals surface area (Å²) in [6.45, 7) is 4.41. The fourth-order valence-electron chi connectivity index (χ4n) is 3.36. The predicted octanol–water partition coefficient (Wildman–Crippen LogP) is 4.76. The number of allylic oxidation sites excluding steroid dienone is 3. The Morgan fingerprint density at radius 3 is 2.69 bits per heavy atom. The van der Waals surface area contributed by atoms with Crippen molar-refractivity contribution in [2.75, 3.05) is 6.61 Å². The largest absolute Gasteiger partial charge is 0.466 e. The van der Waals surface area contributed by atoms with Gasteiger partial charge < -0.3 is 9.84 Å². The van der Waals surface area contributed by atoms with Gasteiger partial charge in [0, 0.05) is 18.3 Å². The van der Waals surface area contributed by atoms with E-state index in [2.05, 4.69) is 6.92 Å². The van der Waals surface area contributed by atoms with Crippen molar-refractivity contribution in [3.63, 3.8) is 0 Å². The van der Waals surface area contributed by atoms with E-state index < -0.39 is 6.10 Å². The Bertz CT molecular complexity index is 467. The van der Waals surface area contributed by atoms with Crippen molar-refractivity contribution in [3.05, 3.63) is 24.3 Å². The molecule has 0 saturated carbocycles. The standard InChI is InChI=1S/C22H36O4/c1-3-5-8-11-19(23)16-14-18-15-17-21(24)20(18)12-9-6-7-10-13-22(25)26-4-2/h14-20,23H,3-13H2,1-2H3/b16-14+/t18-,19+,20+/m0/s1. The SMILES string of the molecule is CCCCC[C@@H](O)/C=C/[C@H]1C=CC(=O)[C@@H]1CCCCCCC(=O)OCC. The number of carbonyl (C=O) groups is 2. The molecule has 3 atom stereocenters. The molecule has 0 amide bonds. The van der Waals surface area contributed by atoms with Gasteiger partial charge >= 0.3 is 5.97 Å². The van der Waals surface area contributed by atoms with Crippen LogP contribution in [-0.4, -0.2) is 29.6 Å². The summed E-state index contributed by atoms with van der Waals surface area (Å²) >= 11 is 0. The number of aliphatic hydroxyl groups excluding tert-OH is 1. The monoisotopic (exact) mass is 364 g/mol.